The predicted octanol–water partition coefficient (Wildman–Crippen LogP) is 2.67. The van der Waals surface area contributed by atoms with Gasteiger partial charge in [-0.1, -0.05) is 0 Å². The van der Waals surface area contributed by atoms with Crippen LogP contribution in [0.2, 0.25) is 15.9 Å². The number of carbonyl (C=O) groups is 1. The Morgan fingerprint density at radius 2 is 2.08 bits per heavy atom. The van der Waals surface area contributed by atoms with Crippen LogP contribution in [-0.2, 0) is 25.6 Å². The number of allylic oxidation sites excluding steroid dienone is 2. The van der Waals surface area contributed by atoms with Gasteiger partial charge in [-0.15, -0.1) is 0 Å². The Labute approximate surface area is 82.9 Å². The summed E-state index contributed by atoms with van der Waals surface area (Å²) in [6.07, 6.45) is 4.90. The molecule has 0 heterocycles. The van der Waals surface area contributed by atoms with Crippen molar-refractivity contribution in [1.82, 2.24) is 0 Å². The summed E-state index contributed by atoms with van der Waals surface area (Å²) in [5, 5.41) is 6.87. The molecule has 0 fully saturated rings. The van der Waals surface area contributed by atoms with E-state index < -0.39 is 16.1 Å². The Morgan fingerprint density at radius 3 is 2.54 bits per heavy atom. The number of hydrogen-bond donors (Lipinski definition) is 0. The molecule has 0 unspecified atom stereocenters. The van der Waals surface area contributed by atoms with Gasteiger partial charge in [0, 0.05) is 0 Å². The molecule has 0 aliphatic heterocycles. The van der Waals surface area contributed by atoms with Gasteiger partial charge in [0.05, 0.1) is 0 Å². The van der Waals surface area contributed by atoms with Gasteiger partial charge in [0.25, 0.3) is 0 Å². The maximum absolute atomic E-state index is 11.4. The second-order valence-corrected chi connectivity index (χ2v) is 14.9. The van der Waals surface area contributed by atoms with Crippen molar-refractivity contribution in [1.29, 1.82) is 0 Å². The number of ether oxygens (including phenoxy) is 1. The molecule has 0 radical (unpaired) electrons. The van der Waals surface area contributed by atoms with E-state index in [4.69, 9.17) is 4.74 Å². The van der Waals surface area contributed by atoms with Crippen molar-refractivity contribution in [2.45, 2.75) is 22.4 Å². The van der Waals surface area contributed by atoms with Crippen LogP contribution in [0.3, 0.4) is 0 Å². The van der Waals surface area contributed by atoms with E-state index in [0.717, 1.165) is 12.0 Å². The third kappa shape index (κ3) is 2.31. The Bertz CT molecular complexity index is 282. The molecule has 0 bridgehead atoms. The van der Waals surface area contributed by atoms with Gasteiger partial charge in [0.15, 0.2) is 0 Å². The molecular weight excluding hydrogens is 347 g/mol. The molecule has 0 amide bonds. The van der Waals surface area contributed by atoms with E-state index in [9.17, 15) is 4.79 Å². The van der Waals surface area contributed by atoms with E-state index in [-0.39, 0.29) is 5.97 Å². The van der Waals surface area contributed by atoms with Gasteiger partial charge >= 0.3 is 82.7 Å². The van der Waals surface area contributed by atoms with Crippen LogP contribution in [0.5, 0.6) is 0 Å². The zero-order valence-electron chi connectivity index (χ0n) is 8.49. The van der Waals surface area contributed by atoms with Crippen LogP contribution in [-0.4, -0.2) is 13.1 Å². The van der Waals surface area contributed by atoms with Crippen LogP contribution < -0.4 is 0 Å². The van der Waals surface area contributed by atoms with E-state index in [1.54, 1.807) is 0 Å². The molecule has 1 rings (SSSR count). The summed E-state index contributed by atoms with van der Waals surface area (Å²) in [6.45, 7) is 0. The molecule has 13 heavy (non-hydrogen) atoms. The Kier molecular flexibility index (Phi) is 3.13. The summed E-state index contributed by atoms with van der Waals surface area (Å²) in [6, 6.07) is 0. The van der Waals surface area contributed by atoms with Crippen molar-refractivity contribution in [2.24, 2.45) is 0 Å². The first-order valence-electron chi connectivity index (χ1n) is 3.81. The van der Waals surface area contributed by atoms with E-state index in [1.165, 1.54) is 11.1 Å². The number of rotatable bonds is 2. The Hall–Kier alpha value is -0.362. The van der Waals surface area contributed by atoms with Crippen molar-refractivity contribution >= 4 is 5.97 Å². The number of hydrogen-bond acceptors (Lipinski definition) is 2. The Balaban J connectivity index is 3.02. The zero-order chi connectivity index (χ0) is 10.1. The average Bonchev–Trinajstić information content (AvgIpc) is 2.49. The monoisotopic (exact) mass is 363 g/mol. The molecule has 0 saturated carbocycles. The van der Waals surface area contributed by atoms with Crippen molar-refractivity contribution < 1.29 is 25.6 Å². The molecule has 0 aromatic carbocycles. The molecule has 1 aliphatic rings. The standard InChI is InChI=1S/C7H7O2.3CH3.Pt/c1-9-7(8)6-4-2-3-5-6;;;;/h2,4H,3H2,1H3;3*1H3;. The second kappa shape index (κ2) is 3.79. The summed E-state index contributed by atoms with van der Waals surface area (Å²) in [5.74, 6) is -0.178. The summed E-state index contributed by atoms with van der Waals surface area (Å²) in [7, 11) is 1.44. The topological polar surface area (TPSA) is 26.3 Å². The first kappa shape index (κ1) is 10.7. The second-order valence-electron chi connectivity index (χ2n) is 3.30. The van der Waals surface area contributed by atoms with Gasteiger partial charge in [0.1, 0.15) is 0 Å². The molecular formula is C10H16O2Pt. The van der Waals surface area contributed by atoms with Gasteiger partial charge in [-0.25, -0.2) is 0 Å². The van der Waals surface area contributed by atoms with Crippen LogP contribution in [0, 0.1) is 0 Å². The van der Waals surface area contributed by atoms with Crippen molar-refractivity contribution in [3.63, 3.8) is 0 Å². The number of methoxy groups -OCH3 is 1. The third-order valence-electron chi connectivity index (χ3n) is 1.82. The zero-order valence-corrected chi connectivity index (χ0v) is 10.8. The molecule has 78 valence electrons. The summed E-state index contributed by atoms with van der Waals surface area (Å²) in [4.78, 5) is 11.4. The molecule has 2 nitrogen and oxygen atoms in total. The van der Waals surface area contributed by atoms with E-state index in [2.05, 4.69) is 22.0 Å². The van der Waals surface area contributed by atoms with Crippen LogP contribution in [0.25, 0.3) is 0 Å². The van der Waals surface area contributed by atoms with E-state index in [0.29, 0.717) is 0 Å². The fourth-order valence-electron chi connectivity index (χ4n) is 1.20. The third-order valence-corrected chi connectivity index (χ3v) is 7.01. The number of carbonyl (C=O) groups excluding carboxylic acids is 1. The first-order valence-corrected chi connectivity index (χ1v) is 11.8. The summed E-state index contributed by atoms with van der Waals surface area (Å²) in [5.41, 5.74) is 0.812. The number of esters is 1. The predicted molar refractivity (Wildman–Crippen MR) is 50.4 cm³/mol. The molecule has 3 heteroatoms. The molecule has 0 N–H and O–H groups in total. The molecule has 0 aromatic rings. The fourth-order valence-corrected chi connectivity index (χ4v) is 5.12. The van der Waals surface area contributed by atoms with Crippen LogP contribution in [0.1, 0.15) is 6.42 Å². The van der Waals surface area contributed by atoms with Gasteiger partial charge in [-0.05, 0) is 0 Å². The van der Waals surface area contributed by atoms with Crippen molar-refractivity contribution in [2.75, 3.05) is 7.11 Å². The van der Waals surface area contributed by atoms with Crippen LogP contribution >= 0.6 is 0 Å². The molecule has 0 saturated heterocycles. The minimum absolute atomic E-state index is 0.178. The SMILES string of the molecule is COC(=O)C1=[C]([Pt]([CH3])([CH3])[CH3])CC=C1. The van der Waals surface area contributed by atoms with Crippen LogP contribution in [0.15, 0.2) is 21.7 Å². The summed E-state index contributed by atoms with van der Waals surface area (Å²) < 4.78 is 6.09. The van der Waals surface area contributed by atoms with Crippen molar-refractivity contribution in [3.8, 4) is 0 Å². The quantitative estimate of drug-likeness (QED) is 0.706. The van der Waals surface area contributed by atoms with Gasteiger partial charge < -0.3 is 0 Å². The van der Waals surface area contributed by atoms with Gasteiger partial charge in [-0.2, -0.15) is 0 Å². The molecule has 1 aliphatic carbocycles. The summed E-state index contributed by atoms with van der Waals surface area (Å²) >= 11 is -1.77. The first-order chi connectivity index (χ1) is 5.96. The fraction of sp³-hybridized carbons (Fsp3) is 0.500. The molecule has 0 spiro atoms. The normalized spacial score (nSPS) is 17.8. The Morgan fingerprint density at radius 1 is 1.46 bits per heavy atom. The van der Waals surface area contributed by atoms with Gasteiger partial charge in [0.2, 0.25) is 0 Å². The minimum atomic E-state index is -1.77. The van der Waals surface area contributed by atoms with Gasteiger partial charge in [-0.3, -0.25) is 0 Å². The van der Waals surface area contributed by atoms with Crippen LogP contribution in [0.4, 0.5) is 0 Å². The average molecular weight is 363 g/mol. The van der Waals surface area contributed by atoms with E-state index in [1.807, 2.05) is 6.08 Å². The van der Waals surface area contributed by atoms with Crippen molar-refractivity contribution in [3.05, 3.63) is 21.7 Å². The molecule has 0 atom stereocenters. The molecule has 0 aromatic heterocycles. The van der Waals surface area contributed by atoms with E-state index >= 15 is 0 Å². The maximum atomic E-state index is 11.4.